The highest BCUT2D eigenvalue weighted by molar-refractivity contribution is 5.85. The smallest absolute Gasteiger partial charge is 0.417 e. The predicted molar refractivity (Wildman–Crippen MR) is 80.2 cm³/mol. The molecule has 1 heterocycles. The van der Waals surface area contributed by atoms with E-state index in [2.05, 4.69) is 20.2 Å². The molecule has 0 aliphatic rings. The Morgan fingerprint density at radius 3 is 2.54 bits per heavy atom. The molecule has 0 unspecified atom stereocenters. The first-order valence-electron chi connectivity index (χ1n) is 6.72. The van der Waals surface area contributed by atoms with Gasteiger partial charge in [0.1, 0.15) is 11.6 Å². The molecule has 1 aromatic carbocycles. The Bertz CT molecular complexity index is 809. The van der Waals surface area contributed by atoms with Gasteiger partial charge in [0.05, 0.1) is 16.7 Å². The third-order valence-electron chi connectivity index (χ3n) is 2.89. The summed E-state index contributed by atoms with van der Waals surface area (Å²) in [5.41, 5.74) is 0.791. The summed E-state index contributed by atoms with van der Waals surface area (Å²) in [6, 6.07) is 4.67. The summed E-state index contributed by atoms with van der Waals surface area (Å²) in [7, 11) is 0. The fourth-order valence-electron chi connectivity index (χ4n) is 1.75. The fraction of sp³-hybridized carbons (Fsp3) is 0.143. The number of nitro groups is 1. The third kappa shape index (κ3) is 5.09. The monoisotopic (exact) mass is 376 g/mol. The summed E-state index contributed by atoms with van der Waals surface area (Å²) in [5.74, 6) is -0.424. The Kier molecular flexibility index (Phi) is 5.64. The van der Waals surface area contributed by atoms with Crippen LogP contribution in [0.4, 0.5) is 33.5 Å². The summed E-state index contributed by atoms with van der Waals surface area (Å²) in [5, 5.41) is 14.4. The Hall–Kier alpha value is -3.31. The van der Waals surface area contributed by atoms with Crippen LogP contribution in [0.1, 0.15) is 11.1 Å². The molecule has 138 valence electrons. The standard InChI is InChI=1S/C14H9F5N4O3/c15-13(16)26-11-3-2-10(23(24)25)5-8(11)6-21-22-12-4-1-9(7-20-12)14(17,18)19/h1-7,13H,(H,20,22)/b21-6+. The van der Waals surface area contributed by atoms with Crippen LogP contribution in [0.3, 0.4) is 0 Å². The topological polar surface area (TPSA) is 89.7 Å². The Morgan fingerprint density at radius 2 is 2.00 bits per heavy atom. The zero-order valence-electron chi connectivity index (χ0n) is 12.6. The molecule has 1 N–H and O–H groups in total. The number of halogens is 5. The zero-order chi connectivity index (χ0) is 19.3. The van der Waals surface area contributed by atoms with Crippen molar-refractivity contribution < 1.29 is 31.6 Å². The number of non-ortho nitro benzene ring substituents is 1. The molecule has 0 spiro atoms. The van der Waals surface area contributed by atoms with Gasteiger partial charge in [0.15, 0.2) is 0 Å². The first-order valence-corrected chi connectivity index (χ1v) is 6.72. The number of pyridine rings is 1. The van der Waals surface area contributed by atoms with Crippen LogP contribution in [-0.2, 0) is 6.18 Å². The number of anilines is 1. The first kappa shape index (κ1) is 19.0. The van der Waals surface area contributed by atoms with Gasteiger partial charge in [-0.3, -0.25) is 15.5 Å². The maximum absolute atomic E-state index is 12.4. The summed E-state index contributed by atoms with van der Waals surface area (Å²) in [4.78, 5) is 13.5. The van der Waals surface area contributed by atoms with Crippen molar-refractivity contribution >= 4 is 17.7 Å². The Labute approximate surface area is 142 Å². The van der Waals surface area contributed by atoms with Crippen molar-refractivity contribution in [1.29, 1.82) is 0 Å². The lowest BCUT2D eigenvalue weighted by Crippen LogP contribution is -2.06. The molecule has 2 aromatic rings. The number of alkyl halides is 5. The number of nitrogens with one attached hydrogen (secondary N) is 1. The summed E-state index contributed by atoms with van der Waals surface area (Å²) in [6.07, 6.45) is -3.03. The average Bonchev–Trinajstić information content (AvgIpc) is 2.55. The van der Waals surface area contributed by atoms with Crippen molar-refractivity contribution in [3.8, 4) is 5.75 Å². The molecular formula is C14H9F5N4O3. The lowest BCUT2D eigenvalue weighted by Gasteiger charge is -2.08. The molecule has 0 amide bonds. The minimum Gasteiger partial charge on any atom is -0.434 e. The average molecular weight is 376 g/mol. The number of nitrogens with zero attached hydrogens (tertiary/aromatic N) is 3. The Balaban J connectivity index is 2.18. The number of rotatable bonds is 6. The molecule has 26 heavy (non-hydrogen) atoms. The lowest BCUT2D eigenvalue weighted by atomic mass is 10.2. The molecule has 12 heteroatoms. The van der Waals surface area contributed by atoms with Gasteiger partial charge in [-0.2, -0.15) is 27.1 Å². The molecular weight excluding hydrogens is 367 g/mol. The van der Waals surface area contributed by atoms with Gasteiger partial charge in [-0.15, -0.1) is 0 Å². The van der Waals surface area contributed by atoms with E-state index in [-0.39, 0.29) is 22.8 Å². The molecule has 0 aliphatic heterocycles. The third-order valence-corrected chi connectivity index (χ3v) is 2.89. The largest absolute Gasteiger partial charge is 0.434 e. The van der Waals surface area contributed by atoms with Crippen LogP contribution in [0.25, 0.3) is 0 Å². The van der Waals surface area contributed by atoms with Gasteiger partial charge in [-0.25, -0.2) is 4.98 Å². The molecule has 1 aromatic heterocycles. The van der Waals surface area contributed by atoms with E-state index >= 15 is 0 Å². The number of hydrogen-bond donors (Lipinski definition) is 1. The van der Waals surface area contributed by atoms with Gasteiger partial charge < -0.3 is 4.74 Å². The van der Waals surface area contributed by atoms with E-state index < -0.39 is 23.3 Å². The van der Waals surface area contributed by atoms with Crippen LogP contribution in [0.15, 0.2) is 41.6 Å². The molecule has 7 nitrogen and oxygen atoms in total. The van der Waals surface area contributed by atoms with Gasteiger partial charge in [-0.1, -0.05) is 0 Å². The van der Waals surface area contributed by atoms with Gasteiger partial charge in [0, 0.05) is 23.9 Å². The molecule has 0 bridgehead atoms. The van der Waals surface area contributed by atoms with Gasteiger partial charge >= 0.3 is 12.8 Å². The second-order valence-electron chi connectivity index (χ2n) is 4.66. The molecule has 0 saturated carbocycles. The minimum atomic E-state index is -4.54. The second kappa shape index (κ2) is 7.72. The van der Waals surface area contributed by atoms with Crippen LogP contribution in [0, 0.1) is 10.1 Å². The van der Waals surface area contributed by atoms with Crippen LogP contribution in [0.2, 0.25) is 0 Å². The fourth-order valence-corrected chi connectivity index (χ4v) is 1.75. The molecule has 0 atom stereocenters. The van der Waals surface area contributed by atoms with Crippen LogP contribution < -0.4 is 10.2 Å². The van der Waals surface area contributed by atoms with Crippen LogP contribution in [-0.4, -0.2) is 22.7 Å². The van der Waals surface area contributed by atoms with Gasteiger partial charge in [0.2, 0.25) is 0 Å². The quantitative estimate of drug-likeness (QED) is 0.355. The normalized spacial score (nSPS) is 11.8. The van der Waals surface area contributed by atoms with E-state index in [1.807, 2.05) is 0 Å². The van der Waals surface area contributed by atoms with Gasteiger partial charge in [-0.05, 0) is 18.2 Å². The SMILES string of the molecule is O=[N+]([O-])c1ccc(OC(F)F)c(/C=N/Nc2ccc(C(F)(F)F)cn2)c1. The first-order chi connectivity index (χ1) is 12.2. The molecule has 0 saturated heterocycles. The maximum atomic E-state index is 12.4. The molecule has 0 radical (unpaired) electrons. The maximum Gasteiger partial charge on any atom is 0.417 e. The minimum absolute atomic E-state index is 0.0593. The molecule has 0 aliphatic carbocycles. The number of nitro benzene ring substituents is 1. The molecule has 0 fully saturated rings. The number of hydrogen-bond acceptors (Lipinski definition) is 6. The van der Waals surface area contributed by atoms with Crippen molar-refractivity contribution in [2.24, 2.45) is 5.10 Å². The summed E-state index contributed by atoms with van der Waals surface area (Å²) >= 11 is 0. The predicted octanol–water partition coefficient (Wildman–Crippen LogP) is 4.06. The summed E-state index contributed by atoms with van der Waals surface area (Å²) in [6.45, 7) is -3.16. The lowest BCUT2D eigenvalue weighted by molar-refractivity contribution is -0.384. The summed E-state index contributed by atoms with van der Waals surface area (Å²) < 4.78 is 66.2. The number of hydrazone groups is 1. The van der Waals surface area contributed by atoms with E-state index in [1.165, 1.54) is 0 Å². The van der Waals surface area contributed by atoms with Crippen LogP contribution >= 0.6 is 0 Å². The van der Waals surface area contributed by atoms with Crippen LogP contribution in [0.5, 0.6) is 5.75 Å². The van der Waals surface area contributed by atoms with Crippen molar-refractivity contribution in [3.63, 3.8) is 0 Å². The van der Waals surface area contributed by atoms with E-state index in [9.17, 15) is 32.1 Å². The number of aromatic nitrogens is 1. The second-order valence-corrected chi connectivity index (χ2v) is 4.66. The van der Waals surface area contributed by atoms with Crippen molar-refractivity contribution in [3.05, 3.63) is 57.8 Å². The van der Waals surface area contributed by atoms with Crippen molar-refractivity contribution in [2.45, 2.75) is 12.8 Å². The van der Waals surface area contributed by atoms with E-state index in [0.717, 1.165) is 36.5 Å². The highest BCUT2D eigenvalue weighted by Gasteiger charge is 2.30. The molecule has 2 rings (SSSR count). The zero-order valence-corrected chi connectivity index (χ0v) is 12.6. The van der Waals surface area contributed by atoms with E-state index in [1.54, 1.807) is 0 Å². The van der Waals surface area contributed by atoms with Crippen molar-refractivity contribution in [1.82, 2.24) is 4.98 Å². The number of benzene rings is 1. The Morgan fingerprint density at radius 1 is 1.27 bits per heavy atom. The highest BCUT2D eigenvalue weighted by atomic mass is 19.4. The number of ether oxygens (including phenoxy) is 1. The van der Waals surface area contributed by atoms with E-state index in [0.29, 0.717) is 6.20 Å². The highest BCUT2D eigenvalue weighted by Crippen LogP contribution is 2.29. The van der Waals surface area contributed by atoms with E-state index in [4.69, 9.17) is 0 Å². The van der Waals surface area contributed by atoms with Crippen molar-refractivity contribution in [2.75, 3.05) is 5.43 Å². The van der Waals surface area contributed by atoms with Gasteiger partial charge in [0.25, 0.3) is 5.69 Å².